The Bertz CT molecular complexity index is 1740. The third kappa shape index (κ3) is 6.42. The Balaban J connectivity index is 1.48. The van der Waals surface area contributed by atoms with Gasteiger partial charge in [-0.25, -0.2) is 9.79 Å². The quantitative estimate of drug-likeness (QED) is 0.184. The zero-order chi connectivity index (χ0) is 29.8. The molecular formula is C33H31BrN2O5S. The summed E-state index contributed by atoms with van der Waals surface area (Å²) in [7, 11) is 1.60. The largest absolute Gasteiger partial charge is 0.506 e. The third-order valence-corrected chi connectivity index (χ3v) is 8.43. The lowest BCUT2D eigenvalue weighted by Gasteiger charge is -2.10. The third-order valence-electron chi connectivity index (χ3n) is 6.91. The van der Waals surface area contributed by atoms with E-state index in [2.05, 4.69) is 57.5 Å². The zero-order valence-electron chi connectivity index (χ0n) is 23.8. The molecule has 5 rings (SSSR count). The molecule has 9 heteroatoms. The summed E-state index contributed by atoms with van der Waals surface area (Å²) >= 11 is 4.82. The summed E-state index contributed by atoms with van der Waals surface area (Å²) in [5, 5.41) is 12.6. The smallest absolute Gasteiger partial charge is 0.344 e. The number of rotatable bonds is 9. The average Bonchev–Trinajstić information content (AvgIpc) is 3.47. The molecule has 3 aromatic carbocycles. The normalized spacial score (nSPS) is 15.2. The molecule has 0 fully saturated rings. The summed E-state index contributed by atoms with van der Waals surface area (Å²) in [6.07, 6.45) is 3.91. The Kier molecular flexibility index (Phi) is 9.09. The number of methoxy groups -OCH3 is 1. The van der Waals surface area contributed by atoms with E-state index in [0.717, 1.165) is 26.7 Å². The van der Waals surface area contributed by atoms with Crippen molar-refractivity contribution in [1.82, 2.24) is 4.57 Å². The van der Waals surface area contributed by atoms with E-state index in [0.29, 0.717) is 34.5 Å². The Morgan fingerprint density at radius 3 is 2.52 bits per heavy atom. The van der Waals surface area contributed by atoms with E-state index >= 15 is 0 Å². The molecule has 0 aliphatic carbocycles. The minimum atomic E-state index is -0.619. The first-order valence-electron chi connectivity index (χ1n) is 13.5. The lowest BCUT2D eigenvalue weighted by Crippen LogP contribution is -2.12. The molecule has 0 unspecified atom stereocenters. The summed E-state index contributed by atoms with van der Waals surface area (Å²) in [6, 6.07) is 19.4. The van der Waals surface area contributed by atoms with Crippen LogP contribution in [0.1, 0.15) is 23.6 Å². The molecule has 0 saturated carbocycles. The molecule has 0 atom stereocenters. The number of benzene rings is 3. The minimum Gasteiger partial charge on any atom is -0.506 e. The molecule has 0 radical (unpaired) electrons. The Hall–Kier alpha value is -3.95. The Labute approximate surface area is 257 Å². The van der Waals surface area contributed by atoms with Crippen molar-refractivity contribution in [2.24, 2.45) is 4.99 Å². The van der Waals surface area contributed by atoms with Gasteiger partial charge in [0.05, 0.1) is 30.9 Å². The average molecular weight is 648 g/mol. The number of aromatic nitrogens is 1. The predicted molar refractivity (Wildman–Crippen MR) is 173 cm³/mol. The van der Waals surface area contributed by atoms with Gasteiger partial charge in [-0.2, -0.15) is 0 Å². The first-order chi connectivity index (χ1) is 20.3. The maximum absolute atomic E-state index is 12.9. The molecule has 42 heavy (non-hydrogen) atoms. The van der Waals surface area contributed by atoms with Crippen molar-refractivity contribution in [3.05, 3.63) is 104 Å². The van der Waals surface area contributed by atoms with E-state index in [1.807, 2.05) is 30.5 Å². The number of aliphatic hydroxyl groups is 1. The molecule has 1 N–H and O–H groups in total. The Morgan fingerprint density at radius 1 is 1.05 bits per heavy atom. The topological polar surface area (TPSA) is 82.3 Å². The number of carbonyl (C=O) groups excluding carboxylic acids is 1. The summed E-state index contributed by atoms with van der Waals surface area (Å²) in [5.41, 5.74) is 5.01. The lowest BCUT2D eigenvalue weighted by atomic mass is 10.1. The van der Waals surface area contributed by atoms with Crippen molar-refractivity contribution >= 4 is 61.4 Å². The molecular weight excluding hydrogens is 616 g/mol. The first kappa shape index (κ1) is 29.5. The highest BCUT2D eigenvalue weighted by Gasteiger charge is 2.33. The second-order valence-corrected chi connectivity index (χ2v) is 11.6. The van der Waals surface area contributed by atoms with Gasteiger partial charge in [-0.05, 0) is 92.6 Å². The highest BCUT2D eigenvalue weighted by molar-refractivity contribution is 9.10. The highest BCUT2D eigenvalue weighted by atomic mass is 79.9. The maximum Gasteiger partial charge on any atom is 0.344 e. The number of halogens is 1. The van der Waals surface area contributed by atoms with Crippen LogP contribution in [0.3, 0.4) is 0 Å². The fourth-order valence-electron chi connectivity index (χ4n) is 4.57. The van der Waals surface area contributed by atoms with Gasteiger partial charge in [-0.15, -0.1) is 0 Å². The molecule has 0 saturated heterocycles. The van der Waals surface area contributed by atoms with Crippen LogP contribution in [-0.2, 0) is 16.1 Å². The number of aliphatic hydroxyl groups excluding tert-OH is 1. The molecule has 0 bridgehead atoms. The molecule has 216 valence electrons. The lowest BCUT2D eigenvalue weighted by molar-refractivity contribution is -0.138. The van der Waals surface area contributed by atoms with Gasteiger partial charge < -0.3 is 23.9 Å². The van der Waals surface area contributed by atoms with Crippen LogP contribution < -0.4 is 9.47 Å². The fourth-order valence-corrected chi connectivity index (χ4v) is 5.96. The van der Waals surface area contributed by atoms with Crippen molar-refractivity contribution in [3.8, 4) is 11.5 Å². The summed E-state index contributed by atoms with van der Waals surface area (Å²) < 4.78 is 19.6. The maximum atomic E-state index is 12.9. The van der Waals surface area contributed by atoms with E-state index in [-0.39, 0.29) is 17.9 Å². The van der Waals surface area contributed by atoms with E-state index in [1.54, 1.807) is 38.3 Å². The number of ether oxygens (including phenoxy) is 3. The van der Waals surface area contributed by atoms with Crippen LogP contribution in [0.25, 0.3) is 17.0 Å². The number of aryl methyl sites for hydroxylation is 2. The number of aliphatic imine (C=N–C) groups is 1. The van der Waals surface area contributed by atoms with Gasteiger partial charge in [0, 0.05) is 27.1 Å². The van der Waals surface area contributed by atoms with Gasteiger partial charge in [0.1, 0.15) is 34.5 Å². The fraction of sp³-hybridized carbons (Fsp3) is 0.212. The predicted octanol–water partition coefficient (Wildman–Crippen LogP) is 8.30. The van der Waals surface area contributed by atoms with E-state index in [4.69, 9.17) is 14.2 Å². The van der Waals surface area contributed by atoms with Crippen LogP contribution in [0.2, 0.25) is 0 Å². The molecule has 0 amide bonds. The number of hydrogen-bond donors (Lipinski definition) is 1. The van der Waals surface area contributed by atoms with Crippen molar-refractivity contribution in [3.63, 3.8) is 0 Å². The second kappa shape index (κ2) is 12.9. The highest BCUT2D eigenvalue weighted by Crippen LogP contribution is 2.41. The van der Waals surface area contributed by atoms with Crippen LogP contribution in [0.5, 0.6) is 11.5 Å². The summed E-state index contributed by atoms with van der Waals surface area (Å²) in [4.78, 5) is 18.1. The van der Waals surface area contributed by atoms with Gasteiger partial charge in [0.2, 0.25) is 0 Å². The Morgan fingerprint density at radius 2 is 1.81 bits per heavy atom. The zero-order valence-corrected chi connectivity index (χ0v) is 26.2. The van der Waals surface area contributed by atoms with Gasteiger partial charge >= 0.3 is 5.97 Å². The van der Waals surface area contributed by atoms with E-state index < -0.39 is 5.97 Å². The van der Waals surface area contributed by atoms with Crippen molar-refractivity contribution in [2.45, 2.75) is 27.3 Å². The van der Waals surface area contributed by atoms with Gasteiger partial charge in [-0.1, -0.05) is 33.8 Å². The number of esters is 1. The minimum absolute atomic E-state index is 0.0515. The number of hydrogen-bond acceptors (Lipinski definition) is 7. The monoisotopic (exact) mass is 646 g/mol. The van der Waals surface area contributed by atoms with E-state index in [9.17, 15) is 9.90 Å². The summed E-state index contributed by atoms with van der Waals surface area (Å²) in [6.45, 7) is 7.18. The van der Waals surface area contributed by atoms with Crippen LogP contribution in [-0.4, -0.2) is 41.0 Å². The van der Waals surface area contributed by atoms with Gasteiger partial charge in [-0.3, -0.25) is 0 Å². The summed E-state index contributed by atoms with van der Waals surface area (Å²) in [5.74, 6) is 0.767. The molecule has 2 heterocycles. The molecule has 7 nitrogen and oxygen atoms in total. The van der Waals surface area contributed by atoms with Crippen LogP contribution in [0.4, 0.5) is 5.69 Å². The molecule has 1 aliphatic heterocycles. The standard InChI is InChI=1S/C33H31BrN2O5S/c1-5-40-33(38)30-31(37)29(42-32(30)35-24-8-11-25(39-4)12-9-24)17-22-19-36(28-13-7-23(34)18-27(22)28)14-15-41-26-10-6-20(2)21(3)16-26/h6-13,16-19,37H,5,14-15H2,1-4H3/b29-17-,35-32?. The number of fused-ring (bicyclic) bond motifs is 1. The number of carbonyl (C=O) groups is 1. The first-order valence-corrected chi connectivity index (χ1v) is 15.1. The van der Waals surface area contributed by atoms with Gasteiger partial charge in [0.25, 0.3) is 0 Å². The van der Waals surface area contributed by atoms with Gasteiger partial charge in [0.15, 0.2) is 0 Å². The van der Waals surface area contributed by atoms with Crippen LogP contribution in [0.15, 0.2) is 92.6 Å². The van der Waals surface area contributed by atoms with Crippen LogP contribution >= 0.6 is 27.7 Å². The van der Waals surface area contributed by atoms with Crippen molar-refractivity contribution in [1.29, 1.82) is 0 Å². The SMILES string of the molecule is CCOC(=O)C1=C(O)/C(=C/c2cn(CCOc3ccc(C)c(C)c3)c3ccc(Br)cc23)SC1=Nc1ccc(OC)cc1. The molecule has 0 spiro atoms. The second-order valence-electron chi connectivity index (χ2n) is 9.70. The van der Waals surface area contributed by atoms with Crippen LogP contribution in [0, 0.1) is 13.8 Å². The number of thioether (sulfide) groups is 1. The molecule has 1 aliphatic rings. The van der Waals surface area contributed by atoms with Crippen molar-refractivity contribution < 1.29 is 24.1 Å². The van der Waals surface area contributed by atoms with Crippen molar-refractivity contribution in [2.75, 3.05) is 20.3 Å². The molecule has 1 aromatic heterocycles. The van der Waals surface area contributed by atoms with E-state index in [1.165, 1.54) is 22.9 Å². The number of nitrogens with zero attached hydrogens (tertiary/aromatic N) is 2. The molecule has 4 aromatic rings.